The molecule has 0 spiro atoms. The molecule has 4 aliphatic rings. The summed E-state index contributed by atoms with van der Waals surface area (Å²) >= 11 is 0. The van der Waals surface area contributed by atoms with E-state index in [1.165, 1.54) is 6.92 Å². The second-order valence-corrected chi connectivity index (χ2v) is 16.9. The van der Waals surface area contributed by atoms with Crippen molar-refractivity contribution in [3.8, 4) is 0 Å². The third-order valence-corrected chi connectivity index (χ3v) is 12.3. The Hall–Kier alpha value is -2.78. The molecule has 2 bridgehead atoms. The fourth-order valence-electron chi connectivity index (χ4n) is 8.99. The molecule has 3 fully saturated rings. The number of rotatable bonds is 5. The van der Waals surface area contributed by atoms with Crippen molar-refractivity contribution in [2.45, 2.75) is 160 Å². The zero-order chi connectivity index (χ0) is 40.8. The number of esters is 1. The zero-order valence-electron chi connectivity index (χ0n) is 33.5. The van der Waals surface area contributed by atoms with Crippen LogP contribution in [0, 0.1) is 29.6 Å². The number of ether oxygens (including phenoxy) is 3. The van der Waals surface area contributed by atoms with Crippen molar-refractivity contribution in [2.24, 2.45) is 29.6 Å². The van der Waals surface area contributed by atoms with Gasteiger partial charge in [0.25, 0.3) is 11.7 Å². The molecule has 310 valence electrons. The molecule has 55 heavy (non-hydrogen) atoms. The zero-order valence-corrected chi connectivity index (χ0v) is 33.5. The average molecular weight is 776 g/mol. The van der Waals surface area contributed by atoms with E-state index in [9.17, 15) is 44.7 Å². The second-order valence-electron chi connectivity index (χ2n) is 16.9. The van der Waals surface area contributed by atoms with Crippen molar-refractivity contribution in [1.29, 1.82) is 0 Å². The fraction of sp³-hybridized carbons (Fsp3) is 0.762. The van der Waals surface area contributed by atoms with E-state index in [0.717, 1.165) is 10.5 Å². The smallest absolute Gasteiger partial charge is 0.329 e. The number of aliphatic hydroxyl groups is 5. The highest BCUT2D eigenvalue weighted by molar-refractivity contribution is 6.39. The van der Waals surface area contributed by atoms with Crippen molar-refractivity contribution in [3.63, 3.8) is 0 Å². The standard InChI is InChI=1S/C42H65NO12/c1-8-11-29-17-23(2)16-24(3)18-34(47)37(48)36-20-26(5)42(52,55-36)39(49)40(50)43-15-10-9-12-30(43)41(51)54-38(27(6)32(45)22-33(29)46)25(4)19-28-13-14-31(44)35(21-28)53-7/h8,17,19,24,26-32,34-38,44-45,47-48,52H,1,9-16,18,20-22H2,2-7H3/b23-17+,25-19+/t24-,26?,27+,28-,29+,30-,31+,32-,34-,35+,36?,37-,38+,42?/m0/s1. The Balaban J connectivity index is 1.73. The summed E-state index contributed by atoms with van der Waals surface area (Å²) in [6.45, 7) is 12.7. The van der Waals surface area contributed by atoms with Gasteiger partial charge in [0.1, 0.15) is 24.0 Å². The second kappa shape index (κ2) is 19.6. The molecule has 0 aromatic heterocycles. The maximum Gasteiger partial charge on any atom is 0.329 e. The molecule has 1 saturated carbocycles. The van der Waals surface area contributed by atoms with Crippen LogP contribution >= 0.6 is 0 Å². The lowest BCUT2D eigenvalue weighted by atomic mass is 9.81. The van der Waals surface area contributed by atoms with Crippen LogP contribution in [0.4, 0.5) is 0 Å². The van der Waals surface area contributed by atoms with Crippen molar-refractivity contribution < 1.29 is 58.9 Å². The van der Waals surface area contributed by atoms with E-state index in [1.54, 1.807) is 27.0 Å². The normalized spacial score (nSPS) is 42.0. The largest absolute Gasteiger partial charge is 0.456 e. The van der Waals surface area contributed by atoms with Gasteiger partial charge in [-0.25, -0.2) is 4.79 Å². The highest BCUT2D eigenvalue weighted by atomic mass is 16.6. The number of cyclic esters (lactones) is 1. The van der Waals surface area contributed by atoms with Gasteiger partial charge < -0.3 is 44.6 Å². The van der Waals surface area contributed by atoms with Gasteiger partial charge in [-0.15, -0.1) is 6.58 Å². The third-order valence-electron chi connectivity index (χ3n) is 12.3. The van der Waals surface area contributed by atoms with E-state index in [4.69, 9.17) is 14.2 Å². The van der Waals surface area contributed by atoms with E-state index in [1.807, 2.05) is 26.0 Å². The Morgan fingerprint density at radius 1 is 0.982 bits per heavy atom. The first kappa shape index (κ1) is 44.9. The Morgan fingerprint density at radius 3 is 2.36 bits per heavy atom. The van der Waals surface area contributed by atoms with Crippen molar-refractivity contribution in [2.75, 3.05) is 13.7 Å². The van der Waals surface area contributed by atoms with Crippen molar-refractivity contribution in [3.05, 3.63) is 36.0 Å². The van der Waals surface area contributed by atoms with Crippen LogP contribution in [0.2, 0.25) is 0 Å². The molecular weight excluding hydrogens is 710 g/mol. The maximum absolute atomic E-state index is 14.2. The van der Waals surface area contributed by atoms with Gasteiger partial charge >= 0.3 is 5.97 Å². The lowest BCUT2D eigenvalue weighted by Gasteiger charge is -2.38. The quantitative estimate of drug-likeness (QED) is 0.155. The molecule has 13 nitrogen and oxygen atoms in total. The summed E-state index contributed by atoms with van der Waals surface area (Å²) in [4.78, 5) is 56.8. The third kappa shape index (κ3) is 10.8. The van der Waals surface area contributed by atoms with Crippen LogP contribution in [0.3, 0.4) is 0 Å². The summed E-state index contributed by atoms with van der Waals surface area (Å²) < 4.78 is 17.4. The summed E-state index contributed by atoms with van der Waals surface area (Å²) in [7, 11) is 1.55. The Labute approximate surface area is 325 Å². The number of piperidine rings is 1. The number of carbonyl (C=O) groups is 4. The Morgan fingerprint density at radius 2 is 1.69 bits per heavy atom. The van der Waals surface area contributed by atoms with E-state index < -0.39 is 83.9 Å². The van der Waals surface area contributed by atoms with Crippen LogP contribution < -0.4 is 0 Å². The van der Waals surface area contributed by atoms with Crippen LogP contribution in [-0.4, -0.2) is 122 Å². The first-order valence-electron chi connectivity index (χ1n) is 20.1. The van der Waals surface area contributed by atoms with Gasteiger partial charge in [0, 0.05) is 37.8 Å². The van der Waals surface area contributed by atoms with E-state index >= 15 is 0 Å². The Bertz CT molecular complexity index is 1440. The van der Waals surface area contributed by atoms with E-state index in [0.29, 0.717) is 50.5 Å². The predicted molar refractivity (Wildman–Crippen MR) is 203 cm³/mol. The Kier molecular flexibility index (Phi) is 16.0. The van der Waals surface area contributed by atoms with Crippen LogP contribution in [0.5, 0.6) is 0 Å². The number of hydrogen-bond acceptors (Lipinski definition) is 12. The number of aliphatic hydroxyl groups excluding tert-OH is 4. The molecule has 4 rings (SSSR count). The predicted octanol–water partition coefficient (Wildman–Crippen LogP) is 3.33. The summed E-state index contributed by atoms with van der Waals surface area (Å²) in [5.74, 6) is -8.41. The number of Topliss-reactive ketones (excluding diaryl/α,β-unsaturated/α-hetero) is 2. The summed E-state index contributed by atoms with van der Waals surface area (Å²) in [5, 5.41) is 55.7. The molecule has 13 heteroatoms. The lowest BCUT2D eigenvalue weighted by Crippen LogP contribution is -2.57. The summed E-state index contributed by atoms with van der Waals surface area (Å²) in [6, 6.07) is -1.18. The summed E-state index contributed by atoms with van der Waals surface area (Å²) in [6.07, 6.45) is 2.08. The SMILES string of the molecule is C=CC[C@@H]1/C=C(\C)C[C@H](C)C[C@H](O)[C@H](O)C2CC(C)C(O)(O2)C(=O)C(=O)N2CCCC[C@H]2C(=O)O[C@H](/C(C)=C/[C@@H]2CC[C@@H](O)[C@H](OC)C2)[C@H](C)[C@@H](O)CC1=O. The maximum atomic E-state index is 14.2. The molecule has 3 aliphatic heterocycles. The number of hydrogen-bond donors (Lipinski definition) is 5. The van der Waals surface area contributed by atoms with Gasteiger partial charge in [-0.3, -0.25) is 14.4 Å². The number of carbonyl (C=O) groups excluding carboxylic acids is 4. The molecular formula is C42H65NO12. The highest BCUT2D eigenvalue weighted by Crippen LogP contribution is 2.39. The molecule has 0 aromatic rings. The molecule has 14 atom stereocenters. The lowest BCUT2D eigenvalue weighted by molar-refractivity contribution is -0.224. The molecule has 2 saturated heterocycles. The number of nitrogens with zero attached hydrogens (tertiary/aromatic N) is 1. The molecule has 5 N–H and O–H groups in total. The topological polar surface area (TPSA) is 200 Å². The number of fused-ring (bicyclic) bond motifs is 3. The van der Waals surface area contributed by atoms with Gasteiger partial charge in [-0.05, 0) is 95.5 Å². The van der Waals surface area contributed by atoms with E-state index in [-0.39, 0.29) is 56.0 Å². The number of ketones is 2. The van der Waals surface area contributed by atoms with Crippen LogP contribution in [0.25, 0.3) is 0 Å². The minimum atomic E-state index is -2.59. The van der Waals surface area contributed by atoms with Crippen LogP contribution in [0.15, 0.2) is 36.0 Å². The minimum Gasteiger partial charge on any atom is -0.456 e. The average Bonchev–Trinajstić information content (AvgIpc) is 3.46. The van der Waals surface area contributed by atoms with Gasteiger partial charge in [0.2, 0.25) is 5.79 Å². The molecule has 1 amide bonds. The monoisotopic (exact) mass is 775 g/mol. The van der Waals surface area contributed by atoms with E-state index in [2.05, 4.69) is 6.58 Å². The van der Waals surface area contributed by atoms with Crippen LogP contribution in [0.1, 0.15) is 105 Å². The molecule has 1 aliphatic carbocycles. The van der Waals surface area contributed by atoms with Gasteiger partial charge in [-0.2, -0.15) is 0 Å². The van der Waals surface area contributed by atoms with Crippen LogP contribution in [-0.2, 0) is 33.4 Å². The van der Waals surface area contributed by atoms with Crippen molar-refractivity contribution in [1.82, 2.24) is 4.90 Å². The minimum absolute atomic E-state index is 0.00351. The number of methoxy groups -OCH3 is 1. The molecule has 3 unspecified atom stereocenters. The number of allylic oxidation sites excluding steroid dienone is 4. The highest BCUT2D eigenvalue weighted by Gasteiger charge is 2.57. The first-order valence-corrected chi connectivity index (χ1v) is 20.1. The van der Waals surface area contributed by atoms with Gasteiger partial charge in [0.05, 0.1) is 30.5 Å². The van der Waals surface area contributed by atoms with Gasteiger partial charge in [-0.1, -0.05) is 44.6 Å². The van der Waals surface area contributed by atoms with Crippen molar-refractivity contribution >= 4 is 23.4 Å². The fourth-order valence-corrected chi connectivity index (χ4v) is 8.99. The summed E-state index contributed by atoms with van der Waals surface area (Å²) in [5.41, 5.74) is 1.50. The number of amides is 1. The molecule has 0 aromatic carbocycles. The first-order chi connectivity index (χ1) is 25.9. The molecule has 0 radical (unpaired) electrons. The van der Waals surface area contributed by atoms with Gasteiger partial charge in [0.15, 0.2) is 0 Å². The molecule has 3 heterocycles.